The number of nitrogens with zero attached hydrogens (tertiary/aromatic N) is 5. The average Bonchev–Trinajstić information content (AvgIpc) is 3.38. The Hall–Kier alpha value is -3.73. The minimum atomic E-state index is -4.95. The predicted octanol–water partition coefficient (Wildman–Crippen LogP) is 2.47. The third kappa shape index (κ3) is 5.40. The lowest BCUT2D eigenvalue weighted by atomic mass is 10.1. The number of nitrogens with one attached hydrogen (secondary N) is 1. The number of halogens is 7. The Morgan fingerprint density at radius 2 is 1.90 bits per heavy atom. The largest absolute Gasteiger partial charge is 0.480 e. The van der Waals surface area contributed by atoms with Gasteiger partial charge in [-0.25, -0.2) is 18.9 Å². The van der Waals surface area contributed by atoms with Crippen molar-refractivity contribution in [3.63, 3.8) is 0 Å². The molecule has 1 amide bonds. The second-order valence-electron chi connectivity index (χ2n) is 9.19. The lowest BCUT2D eigenvalue weighted by Crippen LogP contribution is -2.51. The van der Waals surface area contributed by atoms with E-state index in [0.717, 1.165) is 34.1 Å². The Labute approximate surface area is 215 Å². The van der Waals surface area contributed by atoms with E-state index in [1.165, 1.54) is 7.11 Å². The number of anilines is 1. The van der Waals surface area contributed by atoms with E-state index >= 15 is 0 Å². The maximum Gasteiger partial charge on any atom is 0.418 e. The molecule has 1 aliphatic heterocycles. The molecule has 3 aromatic heterocycles. The minimum absolute atomic E-state index is 0.00405. The molecule has 0 aromatic carbocycles. The normalized spacial score (nSPS) is 20.3. The van der Waals surface area contributed by atoms with Crippen molar-refractivity contribution in [2.24, 2.45) is 0 Å². The second kappa shape index (κ2) is 9.78. The number of pyridine rings is 1. The molecule has 0 saturated carbocycles. The van der Waals surface area contributed by atoms with Crippen LogP contribution in [0.15, 0.2) is 24.7 Å². The van der Waals surface area contributed by atoms with Crippen LogP contribution in [-0.2, 0) is 6.18 Å². The smallest absolute Gasteiger partial charge is 0.418 e. The number of methoxy groups -OCH3 is 1. The number of fused-ring (bicyclic) bond motifs is 1. The Bertz CT molecular complexity index is 1390. The highest BCUT2D eigenvalue weighted by Gasteiger charge is 2.52. The third-order valence-electron chi connectivity index (χ3n) is 6.26. The van der Waals surface area contributed by atoms with E-state index in [1.54, 1.807) is 0 Å². The molecular formula is C22H22F7N7O3. The number of aliphatic hydroxyl groups is 1. The number of alkyl halides is 7. The van der Waals surface area contributed by atoms with Crippen LogP contribution in [0, 0.1) is 0 Å². The van der Waals surface area contributed by atoms with Crippen molar-refractivity contribution >= 4 is 17.2 Å². The average molecular weight is 565 g/mol. The van der Waals surface area contributed by atoms with E-state index in [-0.39, 0.29) is 29.2 Å². The molecule has 10 nitrogen and oxygen atoms in total. The summed E-state index contributed by atoms with van der Waals surface area (Å²) in [6.45, 7) is -1.19. The number of rotatable bonds is 6. The van der Waals surface area contributed by atoms with Crippen LogP contribution in [0.3, 0.4) is 0 Å². The molecule has 212 valence electrons. The molecule has 0 bridgehead atoms. The molecule has 1 saturated heterocycles. The summed E-state index contributed by atoms with van der Waals surface area (Å²) in [6, 6.07) is 0.647. The van der Waals surface area contributed by atoms with E-state index < -0.39 is 66.1 Å². The maximum absolute atomic E-state index is 14.6. The molecule has 3 atom stereocenters. The Balaban J connectivity index is 1.63. The van der Waals surface area contributed by atoms with Gasteiger partial charge in [-0.2, -0.15) is 31.4 Å². The molecule has 4 rings (SSSR count). The van der Waals surface area contributed by atoms with Crippen molar-refractivity contribution in [3.8, 4) is 17.1 Å². The van der Waals surface area contributed by atoms with Gasteiger partial charge in [-0.3, -0.25) is 9.69 Å². The van der Waals surface area contributed by atoms with Crippen LogP contribution in [0.4, 0.5) is 36.6 Å². The first-order valence-corrected chi connectivity index (χ1v) is 11.2. The fraction of sp³-hybridized carbons (Fsp3) is 0.455. The summed E-state index contributed by atoms with van der Waals surface area (Å²) in [7, 11) is 1.18. The van der Waals surface area contributed by atoms with Gasteiger partial charge in [-0.1, -0.05) is 0 Å². The van der Waals surface area contributed by atoms with Crippen molar-refractivity contribution in [1.29, 1.82) is 0 Å². The van der Waals surface area contributed by atoms with Gasteiger partial charge in [0.1, 0.15) is 23.6 Å². The van der Waals surface area contributed by atoms with E-state index in [4.69, 9.17) is 10.5 Å². The van der Waals surface area contributed by atoms with Crippen LogP contribution in [-0.4, -0.2) is 86.2 Å². The van der Waals surface area contributed by atoms with Crippen molar-refractivity contribution in [3.05, 3.63) is 35.8 Å². The van der Waals surface area contributed by atoms with Crippen LogP contribution in [0.2, 0.25) is 0 Å². The maximum atomic E-state index is 14.6. The molecule has 0 spiro atoms. The molecule has 0 radical (unpaired) electrons. The summed E-state index contributed by atoms with van der Waals surface area (Å²) in [5.41, 5.74) is 0.491. The van der Waals surface area contributed by atoms with Crippen LogP contribution >= 0.6 is 0 Å². The Morgan fingerprint density at radius 3 is 2.51 bits per heavy atom. The SMILES string of the molecule is COc1ncc(-c2cc(C(F)(F)F)c3c(N)ncnn23)cc1C(=O)N[C@@H]1CN(CC(C)(O)C(F)(F)F)C[C@@H]1F. The van der Waals surface area contributed by atoms with Crippen LogP contribution in [0.5, 0.6) is 5.88 Å². The zero-order valence-corrected chi connectivity index (χ0v) is 20.3. The highest BCUT2D eigenvalue weighted by molar-refractivity contribution is 5.98. The summed E-state index contributed by atoms with van der Waals surface area (Å²) in [5.74, 6) is -1.62. The molecule has 1 fully saturated rings. The van der Waals surface area contributed by atoms with Crippen LogP contribution < -0.4 is 15.8 Å². The topological polar surface area (TPSA) is 131 Å². The molecule has 39 heavy (non-hydrogen) atoms. The minimum Gasteiger partial charge on any atom is -0.480 e. The van der Waals surface area contributed by atoms with Crippen LogP contribution in [0.25, 0.3) is 16.8 Å². The zero-order chi connectivity index (χ0) is 28.9. The number of hydrogen-bond donors (Lipinski definition) is 3. The second-order valence-corrected chi connectivity index (χ2v) is 9.19. The lowest BCUT2D eigenvalue weighted by Gasteiger charge is -2.30. The molecule has 4 N–H and O–H groups in total. The molecule has 1 aliphatic rings. The van der Waals surface area contributed by atoms with Gasteiger partial charge >= 0.3 is 12.4 Å². The van der Waals surface area contributed by atoms with E-state index in [2.05, 4.69) is 20.4 Å². The van der Waals surface area contributed by atoms with Gasteiger partial charge in [0.25, 0.3) is 5.91 Å². The molecule has 0 aliphatic carbocycles. The Morgan fingerprint density at radius 1 is 1.21 bits per heavy atom. The number of carbonyl (C=O) groups is 1. The number of nitrogens with two attached hydrogens (primary N) is 1. The van der Waals surface area contributed by atoms with Gasteiger partial charge in [0.05, 0.1) is 24.4 Å². The number of hydrogen-bond acceptors (Lipinski definition) is 8. The lowest BCUT2D eigenvalue weighted by molar-refractivity contribution is -0.257. The summed E-state index contributed by atoms with van der Waals surface area (Å²) in [4.78, 5) is 21.6. The number of likely N-dealkylation sites (tertiary alicyclic amines) is 1. The first-order valence-electron chi connectivity index (χ1n) is 11.2. The highest BCUT2D eigenvalue weighted by atomic mass is 19.4. The third-order valence-corrected chi connectivity index (χ3v) is 6.26. The molecule has 3 aromatic rings. The first kappa shape index (κ1) is 28.3. The monoisotopic (exact) mass is 565 g/mol. The van der Waals surface area contributed by atoms with Gasteiger partial charge in [0.15, 0.2) is 11.4 Å². The van der Waals surface area contributed by atoms with Crippen molar-refractivity contribution in [2.75, 3.05) is 32.5 Å². The van der Waals surface area contributed by atoms with Gasteiger partial charge in [-0.15, -0.1) is 0 Å². The highest BCUT2D eigenvalue weighted by Crippen LogP contribution is 2.39. The van der Waals surface area contributed by atoms with Crippen molar-refractivity contribution in [1.82, 2.24) is 29.8 Å². The summed E-state index contributed by atoms with van der Waals surface area (Å²) < 4.78 is 101. The first-order chi connectivity index (χ1) is 18.0. The molecular weight excluding hydrogens is 543 g/mol. The fourth-order valence-electron chi connectivity index (χ4n) is 4.28. The number of β-amino-alcohol motifs (C(OH)–C–C–N with tert-alkyl or cyclic N) is 1. The summed E-state index contributed by atoms with van der Waals surface area (Å²) >= 11 is 0. The molecule has 17 heteroatoms. The fourth-order valence-corrected chi connectivity index (χ4v) is 4.28. The molecule has 1 unspecified atom stereocenters. The quantitative estimate of drug-likeness (QED) is 0.389. The number of carbonyl (C=O) groups excluding carboxylic acids is 1. The van der Waals surface area contributed by atoms with Gasteiger partial charge in [0.2, 0.25) is 5.88 Å². The van der Waals surface area contributed by atoms with Gasteiger partial charge in [-0.05, 0) is 19.1 Å². The van der Waals surface area contributed by atoms with Gasteiger partial charge < -0.3 is 20.9 Å². The molecule has 4 heterocycles. The van der Waals surface area contributed by atoms with Crippen molar-refractivity contribution < 1.29 is 45.4 Å². The number of nitrogen functional groups attached to an aromatic ring is 1. The number of ether oxygens (including phenoxy) is 1. The zero-order valence-electron chi connectivity index (χ0n) is 20.3. The van der Waals surface area contributed by atoms with Gasteiger partial charge in [0, 0.05) is 31.4 Å². The standard InChI is InChI=1S/C22H22F7N7O3/c1-20(38,22(27,28)29)8-35-6-13(23)14(7-35)34-18(37)11-3-10(5-31-19(11)39-2)15-4-12(21(24,25)26)16-17(30)32-9-33-36(15)16/h3-5,9,13-14,38H,6-8H2,1-2H3,(H,34,37)(H2,30,32,33)/t13-,14+,20?/m0/s1. The van der Waals surface area contributed by atoms with Crippen molar-refractivity contribution in [2.45, 2.75) is 37.1 Å². The van der Waals surface area contributed by atoms with E-state index in [0.29, 0.717) is 6.92 Å². The van der Waals surface area contributed by atoms with E-state index in [9.17, 15) is 40.6 Å². The summed E-state index contributed by atoms with van der Waals surface area (Å²) in [5, 5.41) is 15.9. The number of aromatic nitrogens is 4. The summed E-state index contributed by atoms with van der Waals surface area (Å²) in [6.07, 6.45) is -9.47. The Kier molecular flexibility index (Phi) is 7.09. The predicted molar refractivity (Wildman–Crippen MR) is 121 cm³/mol. The number of amides is 1. The van der Waals surface area contributed by atoms with Crippen LogP contribution in [0.1, 0.15) is 22.8 Å². The van der Waals surface area contributed by atoms with E-state index in [1.807, 2.05) is 0 Å².